The van der Waals surface area contributed by atoms with Crippen LogP contribution in [0.4, 0.5) is 0 Å². The van der Waals surface area contributed by atoms with Crippen LogP contribution in [0.25, 0.3) is 0 Å². The van der Waals surface area contributed by atoms with Gasteiger partial charge in [-0.3, -0.25) is 0 Å². The summed E-state index contributed by atoms with van der Waals surface area (Å²) in [7, 11) is 0. The highest BCUT2D eigenvalue weighted by molar-refractivity contribution is 6.36. The minimum Gasteiger partial charge on any atom is -0.310 e. The van der Waals surface area contributed by atoms with Gasteiger partial charge in [0, 0.05) is 21.7 Å². The highest BCUT2D eigenvalue weighted by atomic mass is 35.5. The molecule has 0 aliphatic rings. The average Bonchev–Trinajstić information content (AvgIpc) is 2.37. The molecule has 0 saturated heterocycles. The van der Waals surface area contributed by atoms with Gasteiger partial charge in [-0.2, -0.15) is 0 Å². The number of aryl methyl sites for hydroxylation is 2. The van der Waals surface area contributed by atoms with Crippen molar-refractivity contribution < 1.29 is 0 Å². The molecule has 0 spiro atoms. The van der Waals surface area contributed by atoms with E-state index >= 15 is 0 Å². The molecule has 1 atom stereocenters. The molecule has 112 valence electrons. The highest BCUT2D eigenvalue weighted by Gasteiger charge is 2.18. The van der Waals surface area contributed by atoms with Gasteiger partial charge in [0.2, 0.25) is 0 Å². The van der Waals surface area contributed by atoms with Gasteiger partial charge in [-0.15, -0.1) is 0 Å². The zero-order chi connectivity index (χ0) is 15.4. The Labute approximate surface area is 137 Å². The van der Waals surface area contributed by atoms with Crippen LogP contribution in [0.2, 0.25) is 10.0 Å². The fourth-order valence-corrected chi connectivity index (χ4v) is 3.45. The third-order valence-corrected chi connectivity index (χ3v) is 4.18. The monoisotopic (exact) mass is 321 g/mol. The van der Waals surface area contributed by atoms with E-state index in [4.69, 9.17) is 23.2 Å². The van der Waals surface area contributed by atoms with Gasteiger partial charge >= 0.3 is 0 Å². The summed E-state index contributed by atoms with van der Waals surface area (Å²) < 4.78 is 0. The van der Waals surface area contributed by atoms with Gasteiger partial charge in [0.25, 0.3) is 0 Å². The molecule has 0 radical (unpaired) electrons. The van der Waals surface area contributed by atoms with Crippen molar-refractivity contribution in [1.82, 2.24) is 5.32 Å². The second-order valence-electron chi connectivity index (χ2n) is 5.45. The molecule has 21 heavy (non-hydrogen) atoms. The van der Waals surface area contributed by atoms with Crippen LogP contribution < -0.4 is 5.32 Å². The second kappa shape index (κ2) is 7.31. The lowest BCUT2D eigenvalue weighted by atomic mass is 9.96. The molecule has 3 heteroatoms. The van der Waals surface area contributed by atoms with E-state index in [1.165, 1.54) is 16.7 Å². The summed E-state index contributed by atoms with van der Waals surface area (Å²) in [6, 6.07) is 12.4. The number of likely N-dealkylation sites (N-methyl/N-ethyl adjacent to an activating group) is 1. The maximum absolute atomic E-state index is 6.36. The summed E-state index contributed by atoms with van der Waals surface area (Å²) in [5.74, 6) is 0. The van der Waals surface area contributed by atoms with Crippen LogP contribution in [0.3, 0.4) is 0 Å². The average molecular weight is 322 g/mol. The van der Waals surface area contributed by atoms with Gasteiger partial charge in [0.05, 0.1) is 0 Å². The standard InChI is InChI=1S/C18H21Cl2N/c1-4-21-17(18-15(19)6-5-7-16(18)20)11-14-9-12(2)8-13(3)10-14/h5-10,17,21H,4,11H2,1-3H3. The Morgan fingerprint density at radius 3 is 2.10 bits per heavy atom. The summed E-state index contributed by atoms with van der Waals surface area (Å²) in [5, 5.41) is 4.94. The maximum Gasteiger partial charge on any atom is 0.0468 e. The van der Waals surface area contributed by atoms with Crippen LogP contribution in [-0.2, 0) is 6.42 Å². The Balaban J connectivity index is 2.35. The topological polar surface area (TPSA) is 12.0 Å². The summed E-state index contributed by atoms with van der Waals surface area (Å²) in [4.78, 5) is 0. The number of benzene rings is 2. The lowest BCUT2D eigenvalue weighted by Gasteiger charge is -2.21. The van der Waals surface area contributed by atoms with Gasteiger partial charge in [-0.1, -0.05) is 65.5 Å². The third-order valence-electron chi connectivity index (χ3n) is 3.52. The first-order valence-corrected chi connectivity index (χ1v) is 8.01. The van der Waals surface area contributed by atoms with Gasteiger partial charge in [-0.05, 0) is 44.5 Å². The van der Waals surface area contributed by atoms with Crippen LogP contribution in [0.5, 0.6) is 0 Å². The lowest BCUT2D eigenvalue weighted by Crippen LogP contribution is -2.23. The molecule has 2 rings (SSSR count). The molecule has 0 heterocycles. The van der Waals surface area contributed by atoms with E-state index in [1.54, 1.807) is 0 Å². The quantitative estimate of drug-likeness (QED) is 0.766. The van der Waals surface area contributed by atoms with Crippen LogP contribution >= 0.6 is 23.2 Å². The van der Waals surface area contributed by atoms with Gasteiger partial charge in [-0.25, -0.2) is 0 Å². The van der Waals surface area contributed by atoms with Gasteiger partial charge < -0.3 is 5.32 Å². The van der Waals surface area contributed by atoms with Crippen LogP contribution in [0, 0.1) is 13.8 Å². The molecular weight excluding hydrogens is 301 g/mol. The Morgan fingerprint density at radius 2 is 1.57 bits per heavy atom. The zero-order valence-electron chi connectivity index (χ0n) is 12.7. The third kappa shape index (κ3) is 4.23. The predicted molar refractivity (Wildman–Crippen MR) is 92.5 cm³/mol. The molecule has 1 nitrogen and oxygen atoms in total. The molecule has 0 amide bonds. The van der Waals surface area contributed by atoms with E-state index < -0.39 is 0 Å². The van der Waals surface area contributed by atoms with Crippen LogP contribution in [-0.4, -0.2) is 6.54 Å². The SMILES string of the molecule is CCNC(Cc1cc(C)cc(C)c1)c1c(Cl)cccc1Cl. The molecule has 0 fully saturated rings. The zero-order valence-corrected chi connectivity index (χ0v) is 14.2. The van der Waals surface area contributed by atoms with E-state index in [1.807, 2.05) is 18.2 Å². The summed E-state index contributed by atoms with van der Waals surface area (Å²) in [6.07, 6.45) is 0.875. The summed E-state index contributed by atoms with van der Waals surface area (Å²) >= 11 is 12.7. The van der Waals surface area contributed by atoms with Crippen molar-refractivity contribution in [3.8, 4) is 0 Å². The molecule has 0 saturated carbocycles. The normalized spacial score (nSPS) is 12.4. The molecular formula is C18H21Cl2N. The van der Waals surface area contributed by atoms with E-state index in [0.717, 1.165) is 28.6 Å². The molecule has 2 aromatic rings. The molecule has 2 aromatic carbocycles. The maximum atomic E-state index is 6.36. The first kappa shape index (κ1) is 16.4. The fraction of sp³-hybridized carbons (Fsp3) is 0.333. The predicted octanol–water partition coefficient (Wildman–Crippen LogP) is 5.50. The van der Waals surface area contributed by atoms with Crippen molar-refractivity contribution >= 4 is 23.2 Å². The number of rotatable bonds is 5. The lowest BCUT2D eigenvalue weighted by molar-refractivity contribution is 0.550. The molecule has 1 unspecified atom stereocenters. The number of halogens is 2. The summed E-state index contributed by atoms with van der Waals surface area (Å²) in [5.41, 5.74) is 4.85. The Morgan fingerprint density at radius 1 is 1.00 bits per heavy atom. The van der Waals surface area contributed by atoms with E-state index in [0.29, 0.717) is 0 Å². The molecule has 1 N–H and O–H groups in total. The Kier molecular flexibility index (Phi) is 5.69. The van der Waals surface area contributed by atoms with Crippen LogP contribution in [0.1, 0.15) is 35.2 Å². The first-order chi connectivity index (χ1) is 10.0. The molecule has 0 bridgehead atoms. The molecule has 0 aromatic heterocycles. The number of hydrogen-bond acceptors (Lipinski definition) is 1. The minimum absolute atomic E-state index is 0.123. The van der Waals surface area contributed by atoms with Crippen molar-refractivity contribution in [2.24, 2.45) is 0 Å². The van der Waals surface area contributed by atoms with Crippen molar-refractivity contribution in [3.05, 3.63) is 68.7 Å². The van der Waals surface area contributed by atoms with Crippen LogP contribution in [0.15, 0.2) is 36.4 Å². The van der Waals surface area contributed by atoms with E-state index in [-0.39, 0.29) is 6.04 Å². The molecule has 0 aliphatic heterocycles. The van der Waals surface area contributed by atoms with Gasteiger partial charge in [0.15, 0.2) is 0 Å². The minimum atomic E-state index is 0.123. The summed E-state index contributed by atoms with van der Waals surface area (Å²) in [6.45, 7) is 7.22. The van der Waals surface area contributed by atoms with E-state index in [9.17, 15) is 0 Å². The smallest absolute Gasteiger partial charge is 0.0468 e. The van der Waals surface area contributed by atoms with E-state index in [2.05, 4.69) is 44.3 Å². The van der Waals surface area contributed by atoms with Crippen molar-refractivity contribution in [2.45, 2.75) is 33.2 Å². The highest BCUT2D eigenvalue weighted by Crippen LogP contribution is 2.32. The van der Waals surface area contributed by atoms with Gasteiger partial charge in [0.1, 0.15) is 0 Å². The second-order valence-corrected chi connectivity index (χ2v) is 6.26. The Bertz CT molecular complexity index is 582. The van der Waals surface area contributed by atoms with Crippen molar-refractivity contribution in [1.29, 1.82) is 0 Å². The Hall–Kier alpha value is -1.02. The fourth-order valence-electron chi connectivity index (χ4n) is 2.79. The van der Waals surface area contributed by atoms with Crippen molar-refractivity contribution in [2.75, 3.05) is 6.54 Å². The largest absolute Gasteiger partial charge is 0.310 e. The first-order valence-electron chi connectivity index (χ1n) is 7.25. The number of hydrogen-bond donors (Lipinski definition) is 1. The number of nitrogens with one attached hydrogen (secondary N) is 1. The molecule has 0 aliphatic carbocycles. The van der Waals surface area contributed by atoms with Crippen molar-refractivity contribution in [3.63, 3.8) is 0 Å².